The van der Waals surface area contributed by atoms with E-state index in [2.05, 4.69) is 125 Å². The molecule has 0 saturated heterocycles. The largest absolute Gasteiger partial charge is 0.306 e. The van der Waals surface area contributed by atoms with Crippen LogP contribution in [0.15, 0.2) is 115 Å². The van der Waals surface area contributed by atoms with Crippen LogP contribution in [0.4, 0.5) is 17.1 Å². The summed E-state index contributed by atoms with van der Waals surface area (Å²) >= 11 is 0. The van der Waals surface area contributed by atoms with E-state index in [9.17, 15) is 0 Å². The number of rotatable bonds is 2. The lowest BCUT2D eigenvalue weighted by atomic mass is 10.1. The molecule has 0 amide bonds. The molecule has 0 fully saturated rings. The maximum atomic E-state index is 5.12. The van der Waals surface area contributed by atoms with E-state index >= 15 is 0 Å². The lowest BCUT2D eigenvalue weighted by molar-refractivity contribution is 1.06. The van der Waals surface area contributed by atoms with E-state index in [1.165, 1.54) is 10.8 Å². The zero-order valence-electron chi connectivity index (χ0n) is 17.3. The van der Waals surface area contributed by atoms with Crippen molar-refractivity contribution in [1.29, 1.82) is 0 Å². The molecule has 1 aromatic heterocycles. The minimum atomic E-state index is 0.971. The van der Waals surface area contributed by atoms with Crippen LogP contribution >= 0.6 is 0 Å². The number of imidazole rings is 1. The highest BCUT2D eigenvalue weighted by molar-refractivity contribution is 6.03. The minimum absolute atomic E-state index is 0.971. The molecule has 5 aromatic carbocycles. The van der Waals surface area contributed by atoms with Crippen LogP contribution in [0.2, 0.25) is 0 Å². The SMILES string of the molecule is c1ccc(N2c3ccccc3-n3c(-c4ccc5ccccc5c4)nc4cccc2c43)cc1. The van der Waals surface area contributed by atoms with E-state index in [-0.39, 0.29) is 0 Å². The van der Waals surface area contributed by atoms with Gasteiger partial charge in [0.05, 0.1) is 28.1 Å². The summed E-state index contributed by atoms with van der Waals surface area (Å²) < 4.78 is 2.32. The van der Waals surface area contributed by atoms with Gasteiger partial charge in [-0.2, -0.15) is 0 Å². The van der Waals surface area contributed by atoms with Crippen LogP contribution in [0.5, 0.6) is 0 Å². The number of anilines is 3. The van der Waals surface area contributed by atoms with E-state index < -0.39 is 0 Å². The highest BCUT2D eigenvalue weighted by atomic mass is 15.2. The lowest BCUT2D eigenvalue weighted by Crippen LogP contribution is -2.18. The van der Waals surface area contributed by atoms with E-state index in [0.717, 1.165) is 45.2 Å². The molecule has 0 radical (unpaired) electrons. The Morgan fingerprint density at radius 3 is 2.12 bits per heavy atom. The molecule has 1 aliphatic heterocycles. The summed E-state index contributed by atoms with van der Waals surface area (Å²) in [5.41, 5.74) is 7.84. The monoisotopic (exact) mass is 409 g/mol. The Kier molecular flexibility index (Phi) is 3.55. The smallest absolute Gasteiger partial charge is 0.145 e. The highest BCUT2D eigenvalue weighted by Crippen LogP contribution is 2.48. The van der Waals surface area contributed by atoms with Gasteiger partial charge in [-0.3, -0.25) is 4.57 Å². The molecule has 7 rings (SSSR count). The molecular weight excluding hydrogens is 390 g/mol. The second-order valence-electron chi connectivity index (χ2n) is 8.14. The molecule has 1 aliphatic rings. The van der Waals surface area contributed by atoms with Crippen molar-refractivity contribution < 1.29 is 0 Å². The second-order valence-corrected chi connectivity index (χ2v) is 8.14. The van der Waals surface area contributed by atoms with Crippen molar-refractivity contribution in [2.24, 2.45) is 0 Å². The van der Waals surface area contributed by atoms with Crippen molar-refractivity contribution in [3.8, 4) is 17.1 Å². The standard InChI is InChI=1S/C29H19N3/c1-2-11-23(12-3-1)31-25-14-6-7-15-26(25)32-28-24(13-8-16-27(28)31)30-29(32)22-18-17-20-9-4-5-10-21(20)19-22/h1-19H. The molecule has 0 aliphatic carbocycles. The molecule has 0 unspecified atom stereocenters. The number of nitrogens with zero attached hydrogens (tertiary/aromatic N) is 3. The van der Waals surface area contributed by atoms with Crippen molar-refractivity contribution in [2.45, 2.75) is 0 Å². The summed E-state index contributed by atoms with van der Waals surface area (Å²) in [6.45, 7) is 0. The molecule has 3 heteroatoms. The zero-order valence-corrected chi connectivity index (χ0v) is 17.3. The maximum absolute atomic E-state index is 5.12. The molecule has 32 heavy (non-hydrogen) atoms. The summed E-state index contributed by atoms with van der Waals surface area (Å²) in [5.74, 6) is 0.971. The van der Waals surface area contributed by atoms with Gasteiger partial charge >= 0.3 is 0 Å². The van der Waals surface area contributed by atoms with Crippen LogP contribution in [0, 0.1) is 0 Å². The predicted molar refractivity (Wildman–Crippen MR) is 132 cm³/mol. The quantitative estimate of drug-likeness (QED) is 0.293. The first-order valence-electron chi connectivity index (χ1n) is 10.8. The summed E-state index contributed by atoms with van der Waals surface area (Å²) in [6, 6.07) is 40.6. The maximum Gasteiger partial charge on any atom is 0.145 e. The van der Waals surface area contributed by atoms with Crippen molar-refractivity contribution in [1.82, 2.24) is 9.55 Å². The number of aromatic nitrogens is 2. The van der Waals surface area contributed by atoms with E-state index in [4.69, 9.17) is 4.98 Å². The molecule has 2 heterocycles. The van der Waals surface area contributed by atoms with Crippen molar-refractivity contribution >= 4 is 38.9 Å². The van der Waals surface area contributed by atoms with Crippen molar-refractivity contribution in [3.05, 3.63) is 115 Å². The van der Waals surface area contributed by atoms with Gasteiger partial charge in [-0.05, 0) is 53.2 Å². The Morgan fingerprint density at radius 1 is 0.531 bits per heavy atom. The molecule has 150 valence electrons. The minimum Gasteiger partial charge on any atom is -0.306 e. The van der Waals surface area contributed by atoms with Gasteiger partial charge in [-0.15, -0.1) is 0 Å². The Hall–Kier alpha value is -4.37. The molecule has 6 aromatic rings. The normalized spacial score (nSPS) is 12.3. The second kappa shape index (κ2) is 6.56. The van der Waals surface area contributed by atoms with Gasteiger partial charge in [0.2, 0.25) is 0 Å². The summed E-state index contributed by atoms with van der Waals surface area (Å²) in [5, 5.41) is 2.46. The van der Waals surface area contributed by atoms with Crippen LogP contribution in [0.25, 0.3) is 38.9 Å². The van der Waals surface area contributed by atoms with Crippen molar-refractivity contribution in [3.63, 3.8) is 0 Å². The number of fused-ring (bicyclic) bond motifs is 3. The average Bonchev–Trinajstić information content (AvgIpc) is 3.26. The fourth-order valence-corrected chi connectivity index (χ4v) is 4.87. The fraction of sp³-hybridized carbons (Fsp3) is 0. The average molecular weight is 409 g/mol. The molecule has 0 spiro atoms. The Morgan fingerprint density at radius 2 is 1.25 bits per heavy atom. The first kappa shape index (κ1) is 17.3. The third-order valence-corrected chi connectivity index (χ3v) is 6.28. The van der Waals surface area contributed by atoms with E-state index in [1.54, 1.807) is 0 Å². The van der Waals surface area contributed by atoms with Gasteiger partial charge < -0.3 is 4.90 Å². The van der Waals surface area contributed by atoms with Gasteiger partial charge in [0.15, 0.2) is 0 Å². The summed E-state index contributed by atoms with van der Waals surface area (Å²) in [7, 11) is 0. The molecule has 0 N–H and O–H groups in total. The van der Waals surface area contributed by atoms with Gasteiger partial charge in [-0.1, -0.05) is 72.8 Å². The Labute approximate surface area is 185 Å². The summed E-state index contributed by atoms with van der Waals surface area (Å²) in [4.78, 5) is 7.46. The van der Waals surface area contributed by atoms with Gasteiger partial charge in [-0.25, -0.2) is 4.98 Å². The van der Waals surface area contributed by atoms with Crippen LogP contribution in [0.3, 0.4) is 0 Å². The first-order chi connectivity index (χ1) is 15.9. The van der Waals surface area contributed by atoms with Crippen LogP contribution in [-0.2, 0) is 0 Å². The van der Waals surface area contributed by atoms with Crippen molar-refractivity contribution in [2.75, 3.05) is 4.90 Å². The fourth-order valence-electron chi connectivity index (χ4n) is 4.87. The molecular formula is C29H19N3. The molecule has 3 nitrogen and oxygen atoms in total. The zero-order chi connectivity index (χ0) is 21.1. The molecule has 0 bridgehead atoms. The van der Waals surface area contributed by atoms with E-state index in [1.807, 2.05) is 0 Å². The molecule has 0 atom stereocenters. The number of hydrogen-bond donors (Lipinski definition) is 0. The Balaban J connectivity index is 1.57. The number of para-hydroxylation sites is 4. The predicted octanol–water partition coefficient (Wildman–Crippen LogP) is 7.63. The van der Waals surface area contributed by atoms with E-state index in [0.29, 0.717) is 0 Å². The third-order valence-electron chi connectivity index (χ3n) is 6.28. The van der Waals surface area contributed by atoms with Gasteiger partial charge in [0.25, 0.3) is 0 Å². The first-order valence-corrected chi connectivity index (χ1v) is 10.8. The highest BCUT2D eigenvalue weighted by Gasteiger charge is 2.28. The van der Waals surface area contributed by atoms with Crippen LogP contribution < -0.4 is 4.90 Å². The number of hydrogen-bond acceptors (Lipinski definition) is 2. The van der Waals surface area contributed by atoms with Crippen LogP contribution in [0.1, 0.15) is 0 Å². The Bertz CT molecular complexity index is 1630. The van der Waals surface area contributed by atoms with Crippen LogP contribution in [-0.4, -0.2) is 9.55 Å². The van der Waals surface area contributed by atoms with Gasteiger partial charge in [0, 0.05) is 11.3 Å². The van der Waals surface area contributed by atoms with Gasteiger partial charge in [0.1, 0.15) is 5.82 Å². The number of benzene rings is 5. The molecule has 0 saturated carbocycles. The lowest BCUT2D eigenvalue weighted by Gasteiger charge is -2.32. The topological polar surface area (TPSA) is 21.1 Å². The summed E-state index contributed by atoms with van der Waals surface area (Å²) in [6.07, 6.45) is 0. The third kappa shape index (κ3) is 2.39.